The van der Waals surface area contributed by atoms with Crippen molar-refractivity contribution in [2.75, 3.05) is 23.8 Å². The Balaban J connectivity index is 1.88. The molecule has 1 aliphatic heterocycles. The quantitative estimate of drug-likeness (QED) is 0.711. The first kappa shape index (κ1) is 16.3. The second kappa shape index (κ2) is 6.90. The predicted octanol–water partition coefficient (Wildman–Crippen LogP) is 0.959. The van der Waals surface area contributed by atoms with Gasteiger partial charge in [-0.05, 0) is 29.8 Å². The number of benzene rings is 2. The number of carbonyl (C=O) groups excluding carboxylic acids is 1. The molecule has 0 saturated carbocycles. The number of nitrogens with zero attached hydrogens (tertiary/aromatic N) is 1. The Kier molecular flexibility index (Phi) is 4.69. The van der Waals surface area contributed by atoms with E-state index in [1.807, 2.05) is 24.3 Å². The highest BCUT2D eigenvalue weighted by Gasteiger charge is 2.35. The Morgan fingerprint density at radius 3 is 2.75 bits per heavy atom. The summed E-state index contributed by atoms with van der Waals surface area (Å²) < 4.78 is 5.86. The molecule has 4 N–H and O–H groups in total. The number of β-amino-alcohol motifs (C(OH)–C–C–N with tert-alkyl or cyclic N) is 1. The third-order valence-electron chi connectivity index (χ3n) is 3.94. The molecule has 1 heterocycles. The Morgan fingerprint density at radius 2 is 2.00 bits per heavy atom. The van der Waals surface area contributed by atoms with E-state index in [9.17, 15) is 9.90 Å². The van der Waals surface area contributed by atoms with E-state index in [0.29, 0.717) is 23.5 Å². The topological polar surface area (TPSA) is 96.0 Å². The van der Waals surface area contributed by atoms with Crippen LogP contribution >= 0.6 is 0 Å². The van der Waals surface area contributed by atoms with Crippen LogP contribution in [-0.2, 0) is 11.2 Å². The van der Waals surface area contributed by atoms with E-state index in [1.165, 1.54) is 4.90 Å². The van der Waals surface area contributed by atoms with E-state index in [1.54, 1.807) is 24.3 Å². The lowest BCUT2D eigenvalue weighted by atomic mass is 10.0. The molecular weight excluding hydrogens is 308 g/mol. The largest absolute Gasteiger partial charge is 0.478 e. The molecule has 0 spiro atoms. The second-order valence-electron chi connectivity index (χ2n) is 5.81. The highest BCUT2D eigenvalue weighted by molar-refractivity contribution is 6.00. The molecule has 3 rings (SSSR count). The number of aliphatic hydroxyl groups excluding tert-OH is 2. The number of anilines is 2. The van der Waals surface area contributed by atoms with Gasteiger partial charge in [0.2, 0.25) is 0 Å². The van der Waals surface area contributed by atoms with Crippen molar-refractivity contribution in [3.63, 3.8) is 0 Å². The number of nitrogen functional groups attached to an aromatic ring is 1. The number of fused-ring (bicyclic) bond motifs is 1. The first-order valence-electron chi connectivity index (χ1n) is 7.79. The van der Waals surface area contributed by atoms with Crippen molar-refractivity contribution >= 4 is 17.3 Å². The molecule has 126 valence electrons. The summed E-state index contributed by atoms with van der Waals surface area (Å²) in [5, 5.41) is 18.9. The Hall–Kier alpha value is -2.57. The fourth-order valence-corrected chi connectivity index (χ4v) is 2.80. The molecular formula is C18H20N2O4. The fourth-order valence-electron chi connectivity index (χ4n) is 2.80. The monoisotopic (exact) mass is 328 g/mol. The molecule has 2 aromatic rings. The van der Waals surface area contributed by atoms with Gasteiger partial charge in [-0.3, -0.25) is 4.79 Å². The first-order chi connectivity index (χ1) is 11.6. The lowest BCUT2D eigenvalue weighted by molar-refractivity contribution is -0.126. The number of rotatable bonds is 5. The molecule has 0 radical (unpaired) electrons. The van der Waals surface area contributed by atoms with Gasteiger partial charge in [0.1, 0.15) is 5.75 Å². The van der Waals surface area contributed by atoms with Gasteiger partial charge in [-0.15, -0.1) is 0 Å². The number of aliphatic hydroxyl groups is 2. The summed E-state index contributed by atoms with van der Waals surface area (Å²) in [6, 6.07) is 14.5. The maximum Gasteiger partial charge on any atom is 0.268 e. The van der Waals surface area contributed by atoms with E-state index >= 15 is 0 Å². The van der Waals surface area contributed by atoms with E-state index in [4.69, 9.17) is 15.6 Å². The van der Waals surface area contributed by atoms with Crippen LogP contribution in [0.4, 0.5) is 11.4 Å². The molecule has 1 aliphatic rings. The van der Waals surface area contributed by atoms with Crippen LogP contribution < -0.4 is 15.4 Å². The van der Waals surface area contributed by atoms with Gasteiger partial charge in [0.25, 0.3) is 5.91 Å². The molecule has 24 heavy (non-hydrogen) atoms. The summed E-state index contributed by atoms with van der Waals surface area (Å²) in [6.45, 7) is -0.393. The number of nitrogens with two attached hydrogens (primary N) is 1. The highest BCUT2D eigenvalue weighted by Crippen LogP contribution is 2.34. The van der Waals surface area contributed by atoms with Gasteiger partial charge < -0.3 is 25.6 Å². The van der Waals surface area contributed by atoms with Crippen LogP contribution in [0.2, 0.25) is 0 Å². The molecule has 0 bridgehead atoms. The summed E-state index contributed by atoms with van der Waals surface area (Å²) in [5.41, 5.74) is 7.91. The normalized spacial score (nSPS) is 18.0. The zero-order chi connectivity index (χ0) is 17.1. The van der Waals surface area contributed by atoms with Crippen molar-refractivity contribution in [2.45, 2.75) is 18.6 Å². The highest BCUT2D eigenvalue weighted by atomic mass is 16.5. The predicted molar refractivity (Wildman–Crippen MR) is 90.9 cm³/mol. The fraction of sp³-hybridized carbons (Fsp3) is 0.278. The summed E-state index contributed by atoms with van der Waals surface area (Å²) in [6.07, 6.45) is -1.33. The zero-order valence-electron chi connectivity index (χ0n) is 13.1. The Morgan fingerprint density at radius 1 is 1.21 bits per heavy atom. The first-order valence-corrected chi connectivity index (χ1v) is 7.79. The number of amides is 1. The maximum atomic E-state index is 12.8. The second-order valence-corrected chi connectivity index (χ2v) is 5.81. The Labute approximate surface area is 140 Å². The van der Waals surface area contributed by atoms with Crippen LogP contribution in [0, 0.1) is 0 Å². The van der Waals surface area contributed by atoms with Crippen LogP contribution in [0.3, 0.4) is 0 Å². The van der Waals surface area contributed by atoms with Gasteiger partial charge in [0.15, 0.2) is 6.10 Å². The van der Waals surface area contributed by atoms with Crippen LogP contribution in [0.1, 0.15) is 5.56 Å². The van der Waals surface area contributed by atoms with E-state index in [0.717, 1.165) is 5.56 Å². The molecule has 0 fully saturated rings. The van der Waals surface area contributed by atoms with Gasteiger partial charge >= 0.3 is 0 Å². The van der Waals surface area contributed by atoms with Crippen LogP contribution in [0.15, 0.2) is 48.5 Å². The minimum absolute atomic E-state index is 0.0170. The molecule has 2 atom stereocenters. The van der Waals surface area contributed by atoms with Crippen molar-refractivity contribution in [1.29, 1.82) is 0 Å². The molecule has 0 saturated heterocycles. The number of hydrogen-bond donors (Lipinski definition) is 3. The standard InChI is InChI=1S/C18H20N2O4/c19-13-5-3-4-12(8-13)9-17-18(23)20(10-14(22)11-21)15-6-1-2-7-16(15)24-17/h1-8,14,17,21-22H,9-11,19H2. The van der Waals surface area contributed by atoms with Crippen molar-refractivity contribution in [2.24, 2.45) is 0 Å². The van der Waals surface area contributed by atoms with E-state index < -0.39 is 18.8 Å². The molecule has 0 aliphatic carbocycles. The van der Waals surface area contributed by atoms with Crippen LogP contribution in [0.25, 0.3) is 0 Å². The average molecular weight is 328 g/mol. The van der Waals surface area contributed by atoms with Gasteiger partial charge in [-0.1, -0.05) is 24.3 Å². The molecule has 6 heteroatoms. The van der Waals surface area contributed by atoms with Crippen molar-refractivity contribution < 1.29 is 19.7 Å². The minimum atomic E-state index is -1.01. The van der Waals surface area contributed by atoms with Crippen molar-refractivity contribution in [3.05, 3.63) is 54.1 Å². The summed E-state index contributed by atoms with van der Waals surface area (Å²) in [5.74, 6) is 0.333. The molecule has 2 unspecified atom stereocenters. The Bertz CT molecular complexity index is 734. The van der Waals surface area contributed by atoms with E-state index in [2.05, 4.69) is 0 Å². The van der Waals surface area contributed by atoms with Crippen LogP contribution in [-0.4, -0.2) is 41.5 Å². The van der Waals surface area contributed by atoms with E-state index in [-0.39, 0.29) is 12.5 Å². The number of para-hydroxylation sites is 2. The molecule has 2 aromatic carbocycles. The lowest BCUT2D eigenvalue weighted by Gasteiger charge is -2.35. The third kappa shape index (κ3) is 3.34. The third-order valence-corrected chi connectivity index (χ3v) is 3.94. The molecule has 0 aromatic heterocycles. The number of carbonyl (C=O) groups is 1. The summed E-state index contributed by atoms with van der Waals surface area (Å²) in [7, 11) is 0. The maximum absolute atomic E-state index is 12.8. The van der Waals surface area contributed by atoms with Gasteiger partial charge in [-0.25, -0.2) is 0 Å². The molecule has 6 nitrogen and oxygen atoms in total. The smallest absolute Gasteiger partial charge is 0.268 e. The van der Waals surface area contributed by atoms with Crippen molar-refractivity contribution in [1.82, 2.24) is 0 Å². The molecule has 1 amide bonds. The number of ether oxygens (including phenoxy) is 1. The zero-order valence-corrected chi connectivity index (χ0v) is 13.1. The lowest BCUT2D eigenvalue weighted by Crippen LogP contribution is -2.50. The number of hydrogen-bond acceptors (Lipinski definition) is 5. The SMILES string of the molecule is Nc1cccc(CC2Oc3ccccc3N(CC(O)CO)C2=O)c1. The van der Waals surface area contributed by atoms with Gasteiger partial charge in [-0.2, -0.15) is 0 Å². The van der Waals surface area contributed by atoms with Crippen LogP contribution in [0.5, 0.6) is 5.75 Å². The minimum Gasteiger partial charge on any atom is -0.478 e. The van der Waals surface area contributed by atoms with Gasteiger partial charge in [0.05, 0.1) is 24.9 Å². The van der Waals surface area contributed by atoms with Crippen molar-refractivity contribution in [3.8, 4) is 5.75 Å². The summed E-state index contributed by atoms with van der Waals surface area (Å²) in [4.78, 5) is 14.3. The average Bonchev–Trinajstić information content (AvgIpc) is 2.58. The van der Waals surface area contributed by atoms with Gasteiger partial charge in [0, 0.05) is 12.1 Å². The summed E-state index contributed by atoms with van der Waals surface area (Å²) >= 11 is 0.